The molecule has 28 heavy (non-hydrogen) atoms. The number of likely N-dealkylation sites (tertiary alicyclic amines) is 1. The third-order valence-electron chi connectivity index (χ3n) is 4.43. The number of alkyl carbamates (subject to hydrolysis) is 1. The smallest absolute Gasteiger partial charge is 0.407 e. The molecule has 166 valence electrons. The molecule has 0 saturated carbocycles. The van der Waals surface area contributed by atoms with Crippen LogP contribution in [-0.2, 0) is 4.74 Å². The fourth-order valence-corrected chi connectivity index (χ4v) is 3.35. The van der Waals surface area contributed by atoms with Gasteiger partial charge < -0.3 is 25.2 Å². The van der Waals surface area contributed by atoms with Gasteiger partial charge in [-0.2, -0.15) is 0 Å². The van der Waals surface area contributed by atoms with Crippen LogP contribution in [0.3, 0.4) is 0 Å². The molecule has 0 aromatic heterocycles. The maximum absolute atomic E-state index is 11.9. The molecule has 2 N–H and O–H groups in total. The highest BCUT2D eigenvalue weighted by molar-refractivity contribution is 14.0. The highest BCUT2D eigenvalue weighted by atomic mass is 127. The predicted octanol–water partition coefficient (Wildman–Crippen LogP) is 3.29. The van der Waals surface area contributed by atoms with Gasteiger partial charge in [0.1, 0.15) is 5.60 Å². The molecule has 0 aromatic carbocycles. The van der Waals surface area contributed by atoms with Gasteiger partial charge in [0, 0.05) is 26.7 Å². The van der Waals surface area contributed by atoms with Crippen molar-refractivity contribution in [3.63, 3.8) is 0 Å². The van der Waals surface area contributed by atoms with Crippen molar-refractivity contribution in [3.8, 4) is 0 Å². The van der Waals surface area contributed by atoms with Crippen molar-refractivity contribution in [3.05, 3.63) is 0 Å². The monoisotopic (exact) mass is 511 g/mol. The fourth-order valence-electron chi connectivity index (χ4n) is 3.35. The van der Waals surface area contributed by atoms with Crippen molar-refractivity contribution in [2.24, 2.45) is 4.99 Å². The molecule has 1 aliphatic rings. The van der Waals surface area contributed by atoms with Gasteiger partial charge in [-0.05, 0) is 66.1 Å². The van der Waals surface area contributed by atoms with Crippen LogP contribution < -0.4 is 10.6 Å². The first-order chi connectivity index (χ1) is 12.8. The number of carbonyl (C=O) groups excluding carboxylic acids is 1. The number of ether oxygens (including phenoxy) is 1. The summed E-state index contributed by atoms with van der Waals surface area (Å²) < 4.78 is 5.34. The Morgan fingerprint density at radius 1 is 1.21 bits per heavy atom. The summed E-state index contributed by atoms with van der Waals surface area (Å²) in [6, 6.07) is 0.1000. The van der Waals surface area contributed by atoms with E-state index in [-0.39, 0.29) is 36.1 Å². The van der Waals surface area contributed by atoms with Crippen molar-refractivity contribution in [1.29, 1.82) is 0 Å². The number of halogens is 1. The summed E-state index contributed by atoms with van der Waals surface area (Å²) in [5.41, 5.74) is -0.469. The van der Waals surface area contributed by atoms with E-state index < -0.39 is 5.60 Å². The molecular weight excluding hydrogens is 469 g/mol. The first-order valence-corrected chi connectivity index (χ1v) is 10.5. The lowest BCUT2D eigenvalue weighted by molar-refractivity contribution is 0.0507. The zero-order chi connectivity index (χ0) is 20.3. The van der Waals surface area contributed by atoms with Crippen LogP contribution in [0.25, 0.3) is 0 Å². The van der Waals surface area contributed by atoms with Crippen LogP contribution >= 0.6 is 24.0 Å². The largest absolute Gasteiger partial charge is 0.444 e. The molecule has 0 spiro atoms. The predicted molar refractivity (Wildman–Crippen MR) is 128 cm³/mol. The molecular formula is C20H42IN5O2. The quantitative estimate of drug-likeness (QED) is 0.215. The molecule has 0 aliphatic carbocycles. The van der Waals surface area contributed by atoms with Crippen LogP contribution in [-0.4, -0.2) is 79.8 Å². The standard InChI is InChI=1S/C20H41N5O2.HI/c1-7-12-24(13-8-2)14-9-11-22-18(21-6)25-15-10-17(16-25)23-19(26)27-20(3,4)5;/h17H,7-16H2,1-6H3,(H,21,22)(H,23,26);1H. The molecule has 8 heteroatoms. The Bertz CT molecular complexity index is 462. The van der Waals surface area contributed by atoms with Crippen LogP contribution in [0.5, 0.6) is 0 Å². The van der Waals surface area contributed by atoms with Crippen molar-refractivity contribution in [1.82, 2.24) is 20.4 Å². The average Bonchev–Trinajstić information content (AvgIpc) is 3.01. The van der Waals surface area contributed by atoms with E-state index in [0.29, 0.717) is 0 Å². The topological polar surface area (TPSA) is 69.2 Å². The third kappa shape index (κ3) is 11.3. The molecule has 0 aromatic rings. The van der Waals surface area contributed by atoms with Gasteiger partial charge in [0.05, 0.1) is 6.04 Å². The Morgan fingerprint density at radius 3 is 2.39 bits per heavy atom. The van der Waals surface area contributed by atoms with E-state index >= 15 is 0 Å². The highest BCUT2D eigenvalue weighted by Gasteiger charge is 2.27. The minimum absolute atomic E-state index is 0. The van der Waals surface area contributed by atoms with Crippen molar-refractivity contribution < 1.29 is 9.53 Å². The summed E-state index contributed by atoms with van der Waals surface area (Å²) in [7, 11) is 1.82. The van der Waals surface area contributed by atoms with Gasteiger partial charge in [-0.1, -0.05) is 13.8 Å². The van der Waals surface area contributed by atoms with Gasteiger partial charge in [-0.15, -0.1) is 24.0 Å². The molecule has 1 rings (SSSR count). The maximum atomic E-state index is 11.9. The third-order valence-corrected chi connectivity index (χ3v) is 4.43. The highest BCUT2D eigenvalue weighted by Crippen LogP contribution is 2.12. The van der Waals surface area contributed by atoms with Gasteiger partial charge >= 0.3 is 6.09 Å². The Hall–Kier alpha value is -0.770. The molecule has 1 aliphatic heterocycles. The second kappa shape index (κ2) is 14.3. The van der Waals surface area contributed by atoms with E-state index in [1.54, 1.807) is 0 Å². The summed E-state index contributed by atoms with van der Waals surface area (Å²) in [5, 5.41) is 6.43. The number of amides is 1. The van der Waals surface area contributed by atoms with E-state index in [9.17, 15) is 4.79 Å². The second-order valence-electron chi connectivity index (χ2n) is 8.25. The Morgan fingerprint density at radius 2 is 1.86 bits per heavy atom. The molecule has 0 radical (unpaired) electrons. The summed E-state index contributed by atoms with van der Waals surface area (Å²) in [6.45, 7) is 16.1. The number of nitrogens with one attached hydrogen (secondary N) is 2. The number of hydrogen-bond acceptors (Lipinski definition) is 4. The number of rotatable bonds is 9. The molecule has 1 unspecified atom stereocenters. The van der Waals surface area contributed by atoms with Crippen LogP contribution in [0.1, 0.15) is 60.3 Å². The average molecular weight is 511 g/mol. The number of aliphatic imine (C=N–C) groups is 1. The van der Waals surface area contributed by atoms with Crippen molar-refractivity contribution >= 4 is 36.0 Å². The van der Waals surface area contributed by atoms with E-state index in [2.05, 4.69) is 39.3 Å². The Balaban J connectivity index is 0.00000729. The lowest BCUT2D eigenvalue weighted by Gasteiger charge is -2.24. The molecule has 1 heterocycles. The van der Waals surface area contributed by atoms with Gasteiger partial charge in [0.25, 0.3) is 0 Å². The Labute approximate surface area is 189 Å². The van der Waals surface area contributed by atoms with Gasteiger partial charge in [0.2, 0.25) is 0 Å². The Kier molecular flexibility index (Phi) is 13.9. The van der Waals surface area contributed by atoms with Crippen LogP contribution in [0.2, 0.25) is 0 Å². The van der Waals surface area contributed by atoms with Crippen molar-refractivity contribution in [2.45, 2.75) is 71.9 Å². The minimum Gasteiger partial charge on any atom is -0.444 e. The van der Waals surface area contributed by atoms with E-state index in [1.807, 2.05) is 27.8 Å². The molecule has 1 fully saturated rings. The number of carbonyl (C=O) groups is 1. The van der Waals surface area contributed by atoms with E-state index in [4.69, 9.17) is 4.74 Å². The molecule has 0 bridgehead atoms. The fraction of sp³-hybridized carbons (Fsp3) is 0.900. The molecule has 1 saturated heterocycles. The summed E-state index contributed by atoms with van der Waals surface area (Å²) in [5.74, 6) is 0.918. The van der Waals surface area contributed by atoms with Gasteiger partial charge in [0.15, 0.2) is 5.96 Å². The molecule has 1 amide bonds. The first-order valence-electron chi connectivity index (χ1n) is 10.5. The maximum Gasteiger partial charge on any atom is 0.407 e. The van der Waals surface area contributed by atoms with Crippen molar-refractivity contribution in [2.75, 3.05) is 46.3 Å². The normalized spacial score (nSPS) is 17.5. The lowest BCUT2D eigenvalue weighted by Crippen LogP contribution is -2.44. The van der Waals surface area contributed by atoms with Crippen LogP contribution in [0.4, 0.5) is 4.79 Å². The summed E-state index contributed by atoms with van der Waals surface area (Å²) in [4.78, 5) is 21.1. The zero-order valence-corrected chi connectivity index (χ0v) is 21.0. The molecule has 1 atom stereocenters. The minimum atomic E-state index is -0.469. The summed E-state index contributed by atoms with van der Waals surface area (Å²) in [6.07, 6.45) is 4.07. The second-order valence-corrected chi connectivity index (χ2v) is 8.25. The van der Waals surface area contributed by atoms with Gasteiger partial charge in [-0.3, -0.25) is 4.99 Å². The van der Waals surface area contributed by atoms with Crippen LogP contribution in [0.15, 0.2) is 4.99 Å². The SMILES string of the molecule is CCCN(CCC)CCCNC(=NC)N1CCC(NC(=O)OC(C)(C)C)C1.I. The lowest BCUT2D eigenvalue weighted by atomic mass is 10.2. The number of nitrogens with zero attached hydrogens (tertiary/aromatic N) is 3. The zero-order valence-electron chi connectivity index (χ0n) is 18.7. The van der Waals surface area contributed by atoms with E-state index in [0.717, 1.165) is 45.0 Å². The first kappa shape index (κ1) is 27.2. The number of guanidine groups is 1. The van der Waals surface area contributed by atoms with E-state index in [1.165, 1.54) is 25.9 Å². The van der Waals surface area contributed by atoms with Gasteiger partial charge in [-0.25, -0.2) is 4.79 Å². The summed E-state index contributed by atoms with van der Waals surface area (Å²) >= 11 is 0. The van der Waals surface area contributed by atoms with Crippen LogP contribution in [0, 0.1) is 0 Å². The number of hydrogen-bond donors (Lipinski definition) is 2. The molecule has 7 nitrogen and oxygen atoms in total.